The maximum Gasteiger partial charge on any atom is 0.137 e. The van der Waals surface area contributed by atoms with Gasteiger partial charge in [0.2, 0.25) is 0 Å². The standard InChI is InChI=1S/C18H20N2O/c1-11-7-8-14(9-13(11)3)17(20-19)16-10-15-6-4-5-12(2)18(15)21-16/h4-10,17,20H,19H2,1-3H3. The maximum atomic E-state index is 6.03. The number of nitrogens with two attached hydrogens (primary N) is 1. The van der Waals surface area contributed by atoms with E-state index in [1.165, 1.54) is 11.1 Å². The van der Waals surface area contributed by atoms with E-state index in [-0.39, 0.29) is 6.04 Å². The van der Waals surface area contributed by atoms with Gasteiger partial charge >= 0.3 is 0 Å². The number of nitrogens with one attached hydrogen (secondary N) is 1. The molecule has 1 heterocycles. The number of furan rings is 1. The lowest BCUT2D eigenvalue weighted by atomic mass is 10.00. The van der Waals surface area contributed by atoms with Crippen molar-refractivity contribution in [1.82, 2.24) is 5.43 Å². The van der Waals surface area contributed by atoms with Gasteiger partial charge in [-0.05, 0) is 49.1 Å². The van der Waals surface area contributed by atoms with Gasteiger partial charge in [0.1, 0.15) is 17.4 Å². The molecule has 3 N–H and O–H groups in total. The van der Waals surface area contributed by atoms with Crippen LogP contribution >= 0.6 is 0 Å². The molecule has 1 aromatic heterocycles. The first kappa shape index (κ1) is 13.9. The van der Waals surface area contributed by atoms with Crippen molar-refractivity contribution in [2.45, 2.75) is 26.8 Å². The first-order chi connectivity index (χ1) is 10.1. The highest BCUT2D eigenvalue weighted by Crippen LogP contribution is 2.30. The summed E-state index contributed by atoms with van der Waals surface area (Å²) in [5.74, 6) is 6.61. The maximum absolute atomic E-state index is 6.03. The zero-order chi connectivity index (χ0) is 15.0. The second-order valence-electron chi connectivity index (χ2n) is 5.59. The Morgan fingerprint density at radius 3 is 2.43 bits per heavy atom. The molecule has 0 spiro atoms. The Bertz CT molecular complexity index is 789. The van der Waals surface area contributed by atoms with E-state index in [2.05, 4.69) is 62.6 Å². The minimum atomic E-state index is -0.143. The van der Waals surface area contributed by atoms with Crippen LogP contribution in [0.1, 0.15) is 34.1 Å². The topological polar surface area (TPSA) is 51.2 Å². The highest BCUT2D eigenvalue weighted by molar-refractivity contribution is 5.81. The number of aryl methyl sites for hydroxylation is 3. The van der Waals surface area contributed by atoms with Crippen LogP contribution in [-0.4, -0.2) is 0 Å². The van der Waals surface area contributed by atoms with Gasteiger partial charge in [-0.25, -0.2) is 5.43 Å². The van der Waals surface area contributed by atoms with E-state index < -0.39 is 0 Å². The monoisotopic (exact) mass is 280 g/mol. The number of hydrazine groups is 1. The normalized spacial score (nSPS) is 12.8. The summed E-state index contributed by atoms with van der Waals surface area (Å²) in [5.41, 5.74) is 8.56. The van der Waals surface area contributed by atoms with Gasteiger partial charge in [-0.2, -0.15) is 0 Å². The third-order valence-electron chi connectivity index (χ3n) is 4.08. The first-order valence-corrected chi connectivity index (χ1v) is 7.12. The predicted octanol–water partition coefficient (Wildman–Crippen LogP) is 3.91. The minimum absolute atomic E-state index is 0.143. The van der Waals surface area contributed by atoms with Crippen LogP contribution in [0.4, 0.5) is 0 Å². The van der Waals surface area contributed by atoms with Crippen LogP contribution < -0.4 is 11.3 Å². The number of fused-ring (bicyclic) bond motifs is 1. The van der Waals surface area contributed by atoms with Crippen LogP contribution in [-0.2, 0) is 0 Å². The van der Waals surface area contributed by atoms with Gasteiger partial charge in [-0.3, -0.25) is 5.84 Å². The fourth-order valence-corrected chi connectivity index (χ4v) is 2.66. The van der Waals surface area contributed by atoms with Crippen LogP contribution in [0.5, 0.6) is 0 Å². The van der Waals surface area contributed by atoms with Crippen LogP contribution in [0.3, 0.4) is 0 Å². The van der Waals surface area contributed by atoms with Gasteiger partial charge in [0.25, 0.3) is 0 Å². The second-order valence-corrected chi connectivity index (χ2v) is 5.59. The molecule has 1 atom stereocenters. The summed E-state index contributed by atoms with van der Waals surface area (Å²) >= 11 is 0. The number of hydrogen-bond acceptors (Lipinski definition) is 3. The number of rotatable bonds is 3. The Hall–Kier alpha value is -2.10. The quantitative estimate of drug-likeness (QED) is 0.565. The molecule has 0 fully saturated rings. The van der Waals surface area contributed by atoms with Crippen LogP contribution in [0.2, 0.25) is 0 Å². The fourth-order valence-electron chi connectivity index (χ4n) is 2.66. The third kappa shape index (κ3) is 2.46. The molecule has 0 saturated carbocycles. The summed E-state index contributed by atoms with van der Waals surface area (Å²) in [6, 6.07) is 14.4. The molecular formula is C18H20N2O. The highest BCUT2D eigenvalue weighted by Gasteiger charge is 2.18. The van der Waals surface area contributed by atoms with Gasteiger partial charge in [0, 0.05) is 5.39 Å². The molecule has 3 heteroatoms. The Kier molecular flexibility index (Phi) is 3.53. The van der Waals surface area contributed by atoms with Crippen molar-refractivity contribution in [2.24, 2.45) is 5.84 Å². The molecule has 21 heavy (non-hydrogen) atoms. The summed E-state index contributed by atoms with van der Waals surface area (Å²) < 4.78 is 6.03. The molecule has 3 rings (SSSR count). The molecule has 3 aromatic rings. The smallest absolute Gasteiger partial charge is 0.137 e. The summed E-state index contributed by atoms with van der Waals surface area (Å²) in [6.45, 7) is 6.26. The Labute approximate surface area is 124 Å². The molecule has 0 saturated heterocycles. The SMILES string of the molecule is Cc1ccc(C(NN)c2cc3cccc(C)c3o2)cc1C. The third-order valence-corrected chi connectivity index (χ3v) is 4.08. The van der Waals surface area contributed by atoms with E-state index in [4.69, 9.17) is 10.3 Å². The Morgan fingerprint density at radius 2 is 1.76 bits per heavy atom. The van der Waals surface area contributed by atoms with Crippen molar-refractivity contribution < 1.29 is 4.42 Å². The van der Waals surface area contributed by atoms with Crippen molar-refractivity contribution in [1.29, 1.82) is 0 Å². The van der Waals surface area contributed by atoms with Gasteiger partial charge < -0.3 is 4.42 Å². The van der Waals surface area contributed by atoms with Crippen LogP contribution in [0, 0.1) is 20.8 Å². The molecular weight excluding hydrogens is 260 g/mol. The molecule has 0 bridgehead atoms. The van der Waals surface area contributed by atoms with E-state index in [1.54, 1.807) is 0 Å². The number of para-hydroxylation sites is 1. The van der Waals surface area contributed by atoms with E-state index in [9.17, 15) is 0 Å². The molecule has 0 aliphatic rings. The van der Waals surface area contributed by atoms with Gasteiger partial charge in [-0.15, -0.1) is 0 Å². The van der Waals surface area contributed by atoms with Gasteiger partial charge in [0.15, 0.2) is 0 Å². The zero-order valence-electron chi connectivity index (χ0n) is 12.6. The average Bonchev–Trinajstić information content (AvgIpc) is 2.89. The predicted molar refractivity (Wildman–Crippen MR) is 86.0 cm³/mol. The van der Waals surface area contributed by atoms with E-state index in [1.807, 2.05) is 6.07 Å². The molecule has 0 aliphatic carbocycles. The average molecular weight is 280 g/mol. The van der Waals surface area contributed by atoms with Crippen molar-refractivity contribution in [3.05, 3.63) is 70.5 Å². The molecule has 1 unspecified atom stereocenters. The second kappa shape index (κ2) is 5.35. The summed E-state index contributed by atoms with van der Waals surface area (Å²) in [7, 11) is 0. The van der Waals surface area contributed by atoms with Crippen molar-refractivity contribution in [2.75, 3.05) is 0 Å². The van der Waals surface area contributed by atoms with E-state index >= 15 is 0 Å². The molecule has 108 valence electrons. The minimum Gasteiger partial charge on any atom is -0.459 e. The largest absolute Gasteiger partial charge is 0.459 e. The molecule has 3 nitrogen and oxygen atoms in total. The van der Waals surface area contributed by atoms with Crippen molar-refractivity contribution in [3.63, 3.8) is 0 Å². The summed E-state index contributed by atoms with van der Waals surface area (Å²) in [4.78, 5) is 0. The van der Waals surface area contributed by atoms with Crippen molar-refractivity contribution in [3.8, 4) is 0 Å². The van der Waals surface area contributed by atoms with Crippen LogP contribution in [0.15, 0.2) is 46.9 Å². The highest BCUT2D eigenvalue weighted by atomic mass is 16.3. The Morgan fingerprint density at radius 1 is 0.952 bits per heavy atom. The molecule has 0 radical (unpaired) electrons. The molecule has 0 amide bonds. The zero-order valence-corrected chi connectivity index (χ0v) is 12.6. The first-order valence-electron chi connectivity index (χ1n) is 7.12. The van der Waals surface area contributed by atoms with E-state index in [0.717, 1.165) is 27.9 Å². The van der Waals surface area contributed by atoms with Crippen LogP contribution in [0.25, 0.3) is 11.0 Å². The number of hydrogen-bond donors (Lipinski definition) is 2. The lowest BCUT2D eigenvalue weighted by Gasteiger charge is -2.15. The molecule has 2 aromatic carbocycles. The Balaban J connectivity index is 2.09. The number of benzene rings is 2. The van der Waals surface area contributed by atoms with Crippen molar-refractivity contribution >= 4 is 11.0 Å². The van der Waals surface area contributed by atoms with E-state index in [0.29, 0.717) is 0 Å². The van der Waals surface area contributed by atoms with Gasteiger partial charge in [0.05, 0.1) is 0 Å². The molecule has 0 aliphatic heterocycles. The van der Waals surface area contributed by atoms with Gasteiger partial charge in [-0.1, -0.05) is 36.4 Å². The fraction of sp³-hybridized carbons (Fsp3) is 0.222. The summed E-state index contributed by atoms with van der Waals surface area (Å²) in [6.07, 6.45) is 0. The summed E-state index contributed by atoms with van der Waals surface area (Å²) in [5, 5.41) is 1.11. The lowest BCUT2D eigenvalue weighted by Crippen LogP contribution is -2.28. The lowest BCUT2D eigenvalue weighted by molar-refractivity contribution is 0.476.